The Morgan fingerprint density at radius 3 is 0.500 bits per heavy atom. The summed E-state index contributed by atoms with van der Waals surface area (Å²) >= 11 is 0. The molecule has 0 atom stereocenters. The second-order valence-electron chi connectivity index (χ2n) is 5.46. The van der Waals surface area contributed by atoms with Gasteiger partial charge in [-0.25, -0.2) is 0 Å². The molecule has 0 aliphatic carbocycles. The van der Waals surface area contributed by atoms with E-state index in [0.717, 1.165) is 0 Å². The van der Waals surface area contributed by atoms with Crippen LogP contribution in [0.3, 0.4) is 0 Å². The van der Waals surface area contributed by atoms with Crippen molar-refractivity contribution in [1.29, 1.82) is 0 Å². The quantitative estimate of drug-likeness (QED) is 0.214. The first-order valence-corrected chi connectivity index (χ1v) is 9.86. The van der Waals surface area contributed by atoms with E-state index in [1.807, 2.05) is 0 Å². The number of alkyl halides is 20. The summed E-state index contributed by atoms with van der Waals surface area (Å²) in [6, 6.07) is 0. The van der Waals surface area contributed by atoms with Crippen molar-refractivity contribution in [3.8, 4) is 0 Å². The van der Waals surface area contributed by atoms with Gasteiger partial charge in [-0.3, -0.25) is 0 Å². The first-order valence-electron chi connectivity index (χ1n) is 6.81. The molecule has 32 heavy (non-hydrogen) atoms. The molecule has 0 saturated heterocycles. The predicted molar refractivity (Wildman–Crippen MR) is 67.6 cm³/mol. The lowest BCUT2D eigenvalue weighted by molar-refractivity contribution is -0.263. The minimum Gasteiger partial charge on any atom is -0.191 e. The Balaban J connectivity index is 6.67. The van der Waals surface area contributed by atoms with Crippen LogP contribution in [0.25, 0.3) is 0 Å². The SMILES string of the molecule is FC(F)(F)C(F)(F)P(CCP(C(F)(F)C(F)(F)F)C(F)(F)C(F)(F)F)C(F)(F)C(F)(F)F. The lowest BCUT2D eigenvalue weighted by atomic mass is 10.7. The normalized spacial score (nSPS) is 16.3. The largest absolute Gasteiger partial charge is 0.457 e. The second kappa shape index (κ2) is 8.59. The van der Waals surface area contributed by atoms with Crippen molar-refractivity contribution in [2.75, 3.05) is 12.3 Å². The van der Waals surface area contributed by atoms with Crippen molar-refractivity contribution in [3.63, 3.8) is 0 Å². The van der Waals surface area contributed by atoms with Crippen LogP contribution in [0.2, 0.25) is 0 Å². The summed E-state index contributed by atoms with van der Waals surface area (Å²) in [5.41, 5.74) is -28.8. The summed E-state index contributed by atoms with van der Waals surface area (Å²) in [6.07, 6.45) is -36.4. The molecular formula is C10H4F20P2. The molecular weight excluding hydrogens is 562 g/mol. The Morgan fingerprint density at radius 2 is 0.406 bits per heavy atom. The van der Waals surface area contributed by atoms with E-state index in [0.29, 0.717) is 0 Å². The topological polar surface area (TPSA) is 0 Å². The van der Waals surface area contributed by atoms with Crippen molar-refractivity contribution in [2.24, 2.45) is 0 Å². The fourth-order valence-electron chi connectivity index (χ4n) is 1.73. The van der Waals surface area contributed by atoms with Gasteiger partial charge in [0.15, 0.2) is 0 Å². The van der Waals surface area contributed by atoms with Crippen molar-refractivity contribution in [3.05, 3.63) is 0 Å². The molecule has 194 valence electrons. The zero-order chi connectivity index (χ0) is 26.6. The second-order valence-corrected chi connectivity index (χ2v) is 10.3. The monoisotopic (exact) mass is 566 g/mol. The van der Waals surface area contributed by atoms with Crippen LogP contribution in [0.4, 0.5) is 87.8 Å². The summed E-state index contributed by atoms with van der Waals surface area (Å²) in [4.78, 5) is 0. The van der Waals surface area contributed by atoms with Gasteiger partial charge in [0, 0.05) is 0 Å². The molecule has 0 rings (SSSR count). The van der Waals surface area contributed by atoms with E-state index in [9.17, 15) is 87.8 Å². The molecule has 22 heteroatoms. The van der Waals surface area contributed by atoms with Gasteiger partial charge in [0.2, 0.25) is 0 Å². The van der Waals surface area contributed by atoms with Crippen LogP contribution in [0.1, 0.15) is 0 Å². The average Bonchev–Trinajstić information content (AvgIpc) is 2.45. The molecule has 0 bridgehead atoms. The number of rotatable bonds is 7. The molecule has 0 unspecified atom stereocenters. The molecule has 0 aromatic heterocycles. The van der Waals surface area contributed by atoms with Crippen LogP contribution >= 0.6 is 15.8 Å². The van der Waals surface area contributed by atoms with E-state index in [1.165, 1.54) is 0 Å². The Labute approximate surface area is 164 Å². The summed E-state index contributed by atoms with van der Waals surface area (Å²) in [5, 5.41) is 0. The van der Waals surface area contributed by atoms with Crippen molar-refractivity contribution >= 4 is 15.8 Å². The number of halogens is 20. The number of hydrogen-bond acceptors (Lipinski definition) is 0. The summed E-state index contributed by atoms with van der Waals surface area (Å²) in [7, 11) is -13.0. The minimum atomic E-state index is -7.34. The maximum Gasteiger partial charge on any atom is 0.457 e. The maximum absolute atomic E-state index is 13.2. The van der Waals surface area contributed by atoms with Gasteiger partial charge < -0.3 is 0 Å². The van der Waals surface area contributed by atoms with Crippen LogP contribution in [0.5, 0.6) is 0 Å². The standard InChI is InChI=1S/C10H4F20P2/c11-3(12,13)7(23,24)31(8(25,26)4(14,15)16)1-2-32(9(27,28)5(17,18)19)10(29,30)6(20,21)22/h1-2H2. The first-order chi connectivity index (χ1) is 13.5. The minimum absolute atomic E-state index is 3.52. The third-order valence-corrected chi connectivity index (χ3v) is 8.69. The van der Waals surface area contributed by atoms with Crippen molar-refractivity contribution < 1.29 is 87.8 Å². The van der Waals surface area contributed by atoms with Crippen LogP contribution in [0, 0.1) is 0 Å². The molecule has 0 aliphatic heterocycles. The van der Waals surface area contributed by atoms with Crippen LogP contribution in [0.15, 0.2) is 0 Å². The third-order valence-electron chi connectivity index (χ3n) is 3.27. The Morgan fingerprint density at radius 1 is 0.281 bits per heavy atom. The van der Waals surface area contributed by atoms with E-state index < -0.39 is 75.5 Å². The fraction of sp³-hybridized carbons (Fsp3) is 1.00. The Kier molecular flexibility index (Phi) is 8.45. The molecule has 0 N–H and O–H groups in total. The maximum atomic E-state index is 13.2. The highest BCUT2D eigenvalue weighted by atomic mass is 31.1. The van der Waals surface area contributed by atoms with Gasteiger partial charge in [-0.15, -0.1) is 0 Å². The highest BCUT2D eigenvalue weighted by Gasteiger charge is 2.78. The lowest BCUT2D eigenvalue weighted by Crippen LogP contribution is -2.48. The van der Waals surface area contributed by atoms with Gasteiger partial charge >= 0.3 is 47.4 Å². The van der Waals surface area contributed by atoms with E-state index in [-0.39, 0.29) is 0 Å². The molecule has 0 aromatic rings. The van der Waals surface area contributed by atoms with Gasteiger partial charge in [0.05, 0.1) is 15.8 Å². The van der Waals surface area contributed by atoms with Gasteiger partial charge in [0.25, 0.3) is 0 Å². The van der Waals surface area contributed by atoms with Gasteiger partial charge in [-0.05, 0) is 12.3 Å². The zero-order valence-corrected chi connectivity index (χ0v) is 15.7. The number of hydrogen-bond donors (Lipinski definition) is 0. The Hall–Kier alpha value is -0.540. The molecule has 0 radical (unpaired) electrons. The molecule has 0 amide bonds. The van der Waals surface area contributed by atoms with Gasteiger partial charge in [-0.2, -0.15) is 87.8 Å². The smallest absolute Gasteiger partial charge is 0.191 e. The summed E-state index contributed by atoms with van der Waals surface area (Å²) in [5.74, 6) is 0. The van der Waals surface area contributed by atoms with Crippen molar-refractivity contribution in [2.45, 2.75) is 47.4 Å². The molecule has 0 saturated carbocycles. The van der Waals surface area contributed by atoms with Gasteiger partial charge in [-0.1, -0.05) is 0 Å². The first kappa shape index (κ1) is 31.5. The highest BCUT2D eigenvalue weighted by Crippen LogP contribution is 2.76. The molecule has 0 aliphatic rings. The average molecular weight is 566 g/mol. The van der Waals surface area contributed by atoms with Crippen LogP contribution < -0.4 is 0 Å². The highest BCUT2D eigenvalue weighted by molar-refractivity contribution is 7.64. The Bertz CT molecular complexity index is 527. The van der Waals surface area contributed by atoms with Crippen LogP contribution in [-0.2, 0) is 0 Å². The third kappa shape index (κ3) is 5.74. The van der Waals surface area contributed by atoms with E-state index in [2.05, 4.69) is 0 Å². The molecule has 0 fully saturated rings. The molecule has 0 heterocycles. The fourth-order valence-corrected chi connectivity index (χ4v) is 6.38. The molecule has 0 aromatic carbocycles. The van der Waals surface area contributed by atoms with Crippen LogP contribution in [-0.4, -0.2) is 59.7 Å². The molecule has 0 spiro atoms. The van der Waals surface area contributed by atoms with Gasteiger partial charge in [0.1, 0.15) is 0 Å². The summed E-state index contributed by atoms with van der Waals surface area (Å²) < 4.78 is 253. The zero-order valence-electron chi connectivity index (χ0n) is 13.9. The molecule has 0 nitrogen and oxygen atoms in total. The van der Waals surface area contributed by atoms with Crippen molar-refractivity contribution in [1.82, 2.24) is 0 Å². The van der Waals surface area contributed by atoms with E-state index in [4.69, 9.17) is 0 Å². The van der Waals surface area contributed by atoms with E-state index >= 15 is 0 Å². The lowest BCUT2D eigenvalue weighted by Gasteiger charge is -2.38. The summed E-state index contributed by atoms with van der Waals surface area (Å²) in [6.45, 7) is 0. The van der Waals surface area contributed by atoms with E-state index in [1.54, 1.807) is 0 Å². The predicted octanol–water partition coefficient (Wildman–Crippen LogP) is 8.57.